The van der Waals surface area contributed by atoms with E-state index < -0.39 is 0 Å². The van der Waals surface area contributed by atoms with Crippen LogP contribution in [0, 0.1) is 5.92 Å². The minimum Gasteiger partial charge on any atom is -0.395 e. The monoisotopic (exact) mass is 254 g/mol. The molecule has 2 aliphatic carbocycles. The van der Waals surface area contributed by atoms with Crippen LogP contribution in [0.2, 0.25) is 0 Å². The fraction of sp³-hybridized carbons (Fsp3) is 1.00. The maximum Gasteiger partial charge on any atom is 0.0558 e. The van der Waals surface area contributed by atoms with Crippen molar-refractivity contribution in [1.82, 2.24) is 4.90 Å². The zero-order valence-corrected chi connectivity index (χ0v) is 11.7. The van der Waals surface area contributed by atoms with E-state index in [1.807, 2.05) is 0 Å². The Morgan fingerprint density at radius 2 is 1.61 bits per heavy atom. The Morgan fingerprint density at radius 3 is 2.28 bits per heavy atom. The number of rotatable bonds is 5. The van der Waals surface area contributed by atoms with Gasteiger partial charge in [0.05, 0.1) is 6.61 Å². The van der Waals surface area contributed by atoms with Crippen LogP contribution < -0.4 is 5.73 Å². The third-order valence-electron chi connectivity index (χ3n) is 4.92. The van der Waals surface area contributed by atoms with Crippen LogP contribution in [0.5, 0.6) is 0 Å². The molecule has 0 aromatic carbocycles. The standard InChI is InChI=1S/C15H30N2O/c16-15-9-5-4-6-13(15)12-17(10-11-18)14-7-2-1-3-8-14/h13-15,18H,1-12,16H2. The van der Waals surface area contributed by atoms with Gasteiger partial charge in [0, 0.05) is 25.2 Å². The van der Waals surface area contributed by atoms with Gasteiger partial charge in [-0.3, -0.25) is 4.90 Å². The molecule has 2 atom stereocenters. The molecule has 0 bridgehead atoms. The van der Waals surface area contributed by atoms with Crippen molar-refractivity contribution < 1.29 is 5.11 Å². The summed E-state index contributed by atoms with van der Waals surface area (Å²) in [5, 5.41) is 9.29. The predicted octanol–water partition coefficient (Wildman–Crippen LogP) is 2.13. The molecular formula is C15H30N2O. The van der Waals surface area contributed by atoms with Gasteiger partial charge in [-0.25, -0.2) is 0 Å². The molecule has 0 amide bonds. The van der Waals surface area contributed by atoms with Crippen molar-refractivity contribution in [1.29, 1.82) is 0 Å². The van der Waals surface area contributed by atoms with Crippen LogP contribution >= 0.6 is 0 Å². The zero-order chi connectivity index (χ0) is 12.8. The van der Waals surface area contributed by atoms with Crippen LogP contribution in [0.1, 0.15) is 57.8 Å². The summed E-state index contributed by atoms with van der Waals surface area (Å²) in [6, 6.07) is 1.10. The van der Waals surface area contributed by atoms with E-state index in [0.717, 1.165) is 13.1 Å². The van der Waals surface area contributed by atoms with Gasteiger partial charge in [0.2, 0.25) is 0 Å². The van der Waals surface area contributed by atoms with Crippen LogP contribution in [0.25, 0.3) is 0 Å². The summed E-state index contributed by atoms with van der Waals surface area (Å²) in [5.74, 6) is 0.659. The second-order valence-electron chi connectivity index (χ2n) is 6.22. The van der Waals surface area contributed by atoms with E-state index in [0.29, 0.717) is 24.6 Å². The summed E-state index contributed by atoms with van der Waals surface area (Å²) in [7, 11) is 0. The van der Waals surface area contributed by atoms with Gasteiger partial charge in [0.25, 0.3) is 0 Å². The average Bonchev–Trinajstić information content (AvgIpc) is 2.42. The molecule has 3 nitrogen and oxygen atoms in total. The summed E-state index contributed by atoms with van der Waals surface area (Å²) in [4.78, 5) is 2.54. The Morgan fingerprint density at radius 1 is 0.944 bits per heavy atom. The zero-order valence-electron chi connectivity index (χ0n) is 11.7. The number of hydrogen-bond acceptors (Lipinski definition) is 3. The van der Waals surface area contributed by atoms with Crippen LogP contribution in [-0.4, -0.2) is 41.8 Å². The van der Waals surface area contributed by atoms with Gasteiger partial charge in [0.1, 0.15) is 0 Å². The second kappa shape index (κ2) is 7.46. The van der Waals surface area contributed by atoms with Gasteiger partial charge in [-0.1, -0.05) is 32.1 Å². The minimum atomic E-state index is 0.290. The normalized spacial score (nSPS) is 30.8. The van der Waals surface area contributed by atoms with Gasteiger partial charge in [-0.05, 0) is 31.6 Å². The van der Waals surface area contributed by atoms with Crippen LogP contribution in [0.3, 0.4) is 0 Å². The van der Waals surface area contributed by atoms with Crippen molar-refractivity contribution in [3.05, 3.63) is 0 Å². The van der Waals surface area contributed by atoms with Crippen LogP contribution in [-0.2, 0) is 0 Å². The average molecular weight is 254 g/mol. The molecule has 2 aliphatic rings. The van der Waals surface area contributed by atoms with Gasteiger partial charge in [-0.15, -0.1) is 0 Å². The molecule has 0 aliphatic heterocycles. The van der Waals surface area contributed by atoms with Crippen molar-refractivity contribution in [2.24, 2.45) is 11.7 Å². The Kier molecular flexibility index (Phi) is 5.93. The molecule has 2 saturated carbocycles. The molecule has 0 heterocycles. The van der Waals surface area contributed by atoms with Gasteiger partial charge in [-0.2, -0.15) is 0 Å². The first-order valence-electron chi connectivity index (χ1n) is 7.91. The predicted molar refractivity (Wildman–Crippen MR) is 75.5 cm³/mol. The lowest BCUT2D eigenvalue weighted by Gasteiger charge is -2.39. The molecule has 0 aromatic rings. The highest BCUT2D eigenvalue weighted by molar-refractivity contribution is 4.84. The van der Waals surface area contributed by atoms with Crippen molar-refractivity contribution >= 4 is 0 Å². The number of aliphatic hydroxyl groups excluding tert-OH is 1. The lowest BCUT2D eigenvalue weighted by atomic mass is 9.84. The fourth-order valence-electron chi connectivity index (χ4n) is 3.76. The maximum atomic E-state index is 9.29. The molecule has 0 saturated heterocycles. The lowest BCUT2D eigenvalue weighted by Crippen LogP contribution is -2.46. The molecule has 2 unspecified atom stereocenters. The SMILES string of the molecule is NC1CCCCC1CN(CCO)C1CCCCC1. The molecule has 2 rings (SSSR count). The molecule has 0 aromatic heterocycles. The first kappa shape index (κ1) is 14.3. The summed E-state index contributed by atoms with van der Waals surface area (Å²) >= 11 is 0. The molecule has 0 radical (unpaired) electrons. The quantitative estimate of drug-likeness (QED) is 0.790. The summed E-state index contributed by atoms with van der Waals surface area (Å²) in [6.07, 6.45) is 11.9. The molecule has 3 heteroatoms. The number of aliphatic hydroxyl groups is 1. The van der Waals surface area contributed by atoms with E-state index in [-0.39, 0.29) is 0 Å². The highest BCUT2D eigenvalue weighted by Gasteiger charge is 2.27. The highest BCUT2D eigenvalue weighted by Crippen LogP contribution is 2.27. The minimum absolute atomic E-state index is 0.290. The molecule has 0 spiro atoms. The summed E-state index contributed by atoms with van der Waals surface area (Å²) < 4.78 is 0. The number of nitrogens with two attached hydrogens (primary N) is 1. The van der Waals surface area contributed by atoms with E-state index >= 15 is 0 Å². The Labute approximate surface area is 112 Å². The van der Waals surface area contributed by atoms with E-state index in [4.69, 9.17) is 5.73 Å². The Hall–Kier alpha value is -0.120. The molecule has 106 valence electrons. The first-order chi connectivity index (χ1) is 8.81. The second-order valence-corrected chi connectivity index (χ2v) is 6.22. The van der Waals surface area contributed by atoms with Crippen molar-refractivity contribution in [3.63, 3.8) is 0 Å². The topological polar surface area (TPSA) is 49.5 Å². The van der Waals surface area contributed by atoms with Gasteiger partial charge >= 0.3 is 0 Å². The molecule has 2 fully saturated rings. The van der Waals surface area contributed by atoms with Gasteiger partial charge < -0.3 is 10.8 Å². The van der Waals surface area contributed by atoms with E-state index in [9.17, 15) is 5.11 Å². The van der Waals surface area contributed by atoms with E-state index in [1.54, 1.807) is 0 Å². The van der Waals surface area contributed by atoms with Crippen molar-refractivity contribution in [2.75, 3.05) is 19.7 Å². The van der Waals surface area contributed by atoms with Crippen LogP contribution in [0.15, 0.2) is 0 Å². The lowest BCUT2D eigenvalue weighted by molar-refractivity contribution is 0.0917. The molecule has 3 N–H and O–H groups in total. The third-order valence-corrected chi connectivity index (χ3v) is 4.92. The Bertz CT molecular complexity index is 226. The maximum absolute atomic E-state index is 9.29. The summed E-state index contributed by atoms with van der Waals surface area (Å²) in [5.41, 5.74) is 6.26. The van der Waals surface area contributed by atoms with E-state index in [1.165, 1.54) is 57.8 Å². The van der Waals surface area contributed by atoms with Crippen molar-refractivity contribution in [2.45, 2.75) is 69.9 Å². The molecular weight excluding hydrogens is 224 g/mol. The first-order valence-corrected chi connectivity index (χ1v) is 7.91. The van der Waals surface area contributed by atoms with Crippen LogP contribution in [0.4, 0.5) is 0 Å². The fourth-order valence-corrected chi connectivity index (χ4v) is 3.76. The molecule has 18 heavy (non-hydrogen) atoms. The van der Waals surface area contributed by atoms with E-state index in [2.05, 4.69) is 4.90 Å². The highest BCUT2D eigenvalue weighted by atomic mass is 16.3. The Balaban J connectivity index is 1.87. The third kappa shape index (κ3) is 3.94. The smallest absolute Gasteiger partial charge is 0.0558 e. The number of nitrogens with zero attached hydrogens (tertiary/aromatic N) is 1. The van der Waals surface area contributed by atoms with Crippen molar-refractivity contribution in [3.8, 4) is 0 Å². The summed E-state index contributed by atoms with van der Waals surface area (Å²) in [6.45, 7) is 2.25. The number of hydrogen-bond donors (Lipinski definition) is 2. The largest absolute Gasteiger partial charge is 0.395 e. The van der Waals surface area contributed by atoms with Gasteiger partial charge in [0.15, 0.2) is 0 Å².